The molecule has 0 saturated heterocycles. The highest BCUT2D eigenvalue weighted by Gasteiger charge is 2.29. The maximum Gasteiger partial charge on any atom is 0.339 e. The minimum Gasteiger partial charge on any atom is -0.460 e. The van der Waals surface area contributed by atoms with E-state index >= 15 is 0 Å². The number of esters is 1. The SMILES string of the molecule is Cc1ccc(-c2cc(C(=O)O[C@@H](C(=O)NC(N)=O)C(C)C)c3ccccc3n2)o1. The van der Waals surface area contributed by atoms with Crippen molar-refractivity contribution in [1.82, 2.24) is 10.3 Å². The second-order valence-corrected chi connectivity index (χ2v) is 6.91. The molecule has 2 heterocycles. The Morgan fingerprint density at radius 3 is 2.48 bits per heavy atom. The largest absolute Gasteiger partial charge is 0.460 e. The Balaban J connectivity index is 2.01. The lowest BCUT2D eigenvalue weighted by Gasteiger charge is -2.20. The zero-order chi connectivity index (χ0) is 21.1. The fourth-order valence-electron chi connectivity index (χ4n) is 2.91. The summed E-state index contributed by atoms with van der Waals surface area (Å²) in [6.45, 7) is 5.20. The minimum atomic E-state index is -1.18. The molecule has 3 aromatic rings. The van der Waals surface area contributed by atoms with Crippen molar-refractivity contribution in [2.75, 3.05) is 0 Å². The molecule has 0 aliphatic rings. The topological polar surface area (TPSA) is 125 Å². The van der Waals surface area contributed by atoms with Gasteiger partial charge >= 0.3 is 12.0 Å². The summed E-state index contributed by atoms with van der Waals surface area (Å²) in [5.41, 5.74) is 6.28. The van der Waals surface area contributed by atoms with E-state index in [4.69, 9.17) is 14.9 Å². The zero-order valence-electron chi connectivity index (χ0n) is 16.3. The van der Waals surface area contributed by atoms with E-state index in [-0.39, 0.29) is 11.5 Å². The van der Waals surface area contributed by atoms with Crippen molar-refractivity contribution in [3.8, 4) is 11.5 Å². The molecule has 1 aromatic carbocycles. The van der Waals surface area contributed by atoms with Crippen LogP contribution in [0.3, 0.4) is 0 Å². The van der Waals surface area contributed by atoms with Gasteiger partial charge in [-0.1, -0.05) is 32.0 Å². The van der Waals surface area contributed by atoms with Gasteiger partial charge in [0.05, 0.1) is 11.1 Å². The van der Waals surface area contributed by atoms with Crippen molar-refractivity contribution < 1.29 is 23.5 Å². The van der Waals surface area contributed by atoms with E-state index in [1.165, 1.54) is 0 Å². The molecule has 2 aromatic heterocycles. The number of amides is 3. The molecule has 0 fully saturated rings. The molecule has 0 radical (unpaired) electrons. The molecule has 0 unspecified atom stereocenters. The fraction of sp³-hybridized carbons (Fsp3) is 0.238. The Labute approximate surface area is 167 Å². The van der Waals surface area contributed by atoms with Gasteiger partial charge in [0, 0.05) is 5.39 Å². The second-order valence-electron chi connectivity index (χ2n) is 6.91. The highest BCUT2D eigenvalue weighted by molar-refractivity contribution is 6.05. The number of aromatic nitrogens is 1. The number of benzene rings is 1. The number of imide groups is 1. The predicted octanol–water partition coefficient (Wildman–Crippen LogP) is 3.18. The summed E-state index contributed by atoms with van der Waals surface area (Å²) in [5, 5.41) is 2.53. The van der Waals surface area contributed by atoms with Crippen LogP contribution in [-0.4, -0.2) is 29.0 Å². The number of urea groups is 1. The summed E-state index contributed by atoms with van der Waals surface area (Å²) in [4.78, 5) is 40.7. The molecule has 29 heavy (non-hydrogen) atoms. The number of rotatable bonds is 5. The van der Waals surface area contributed by atoms with Gasteiger partial charge in [-0.3, -0.25) is 10.1 Å². The number of aryl methyl sites for hydroxylation is 1. The van der Waals surface area contributed by atoms with Gasteiger partial charge in [0.2, 0.25) is 0 Å². The maximum atomic E-state index is 13.0. The third kappa shape index (κ3) is 4.43. The minimum absolute atomic E-state index is 0.233. The van der Waals surface area contributed by atoms with Gasteiger partial charge in [-0.05, 0) is 37.1 Å². The van der Waals surface area contributed by atoms with Crippen LogP contribution < -0.4 is 11.1 Å². The van der Waals surface area contributed by atoms with Crippen molar-refractivity contribution in [2.45, 2.75) is 26.9 Å². The Morgan fingerprint density at radius 1 is 1.14 bits per heavy atom. The lowest BCUT2D eigenvalue weighted by atomic mass is 10.0. The summed E-state index contributed by atoms with van der Waals surface area (Å²) in [6, 6.07) is 11.2. The maximum absolute atomic E-state index is 13.0. The Bertz CT molecular complexity index is 1090. The summed E-state index contributed by atoms with van der Waals surface area (Å²) < 4.78 is 11.1. The quantitative estimate of drug-likeness (QED) is 0.639. The number of pyridine rings is 1. The monoisotopic (exact) mass is 395 g/mol. The lowest BCUT2D eigenvalue weighted by Crippen LogP contribution is -2.45. The van der Waals surface area contributed by atoms with Crippen LogP contribution in [0.25, 0.3) is 22.4 Å². The Hall–Kier alpha value is -3.68. The first-order chi connectivity index (χ1) is 13.8. The zero-order valence-corrected chi connectivity index (χ0v) is 16.3. The average molecular weight is 395 g/mol. The normalized spacial score (nSPS) is 12.0. The number of nitrogens with zero attached hydrogens (tertiary/aromatic N) is 1. The molecular formula is C21H21N3O5. The van der Waals surface area contributed by atoms with E-state index in [2.05, 4.69) is 4.98 Å². The molecular weight excluding hydrogens is 374 g/mol. The number of ether oxygens (including phenoxy) is 1. The number of nitrogens with two attached hydrogens (primary N) is 1. The molecule has 0 saturated carbocycles. The number of primary amides is 1. The first-order valence-corrected chi connectivity index (χ1v) is 9.04. The van der Waals surface area contributed by atoms with Crippen LogP contribution in [0.4, 0.5) is 4.79 Å². The van der Waals surface area contributed by atoms with Crippen LogP contribution in [0.1, 0.15) is 30.0 Å². The van der Waals surface area contributed by atoms with Crippen LogP contribution in [0.5, 0.6) is 0 Å². The first kappa shape index (κ1) is 20.1. The van der Waals surface area contributed by atoms with E-state index in [0.717, 1.165) is 0 Å². The number of carbonyl (C=O) groups excluding carboxylic acids is 3. The molecule has 0 aliphatic heterocycles. The van der Waals surface area contributed by atoms with E-state index in [1.54, 1.807) is 56.3 Å². The van der Waals surface area contributed by atoms with Crippen molar-refractivity contribution in [3.63, 3.8) is 0 Å². The van der Waals surface area contributed by atoms with Gasteiger partial charge in [0.15, 0.2) is 11.9 Å². The lowest BCUT2D eigenvalue weighted by molar-refractivity contribution is -0.130. The standard InChI is InChI=1S/C21H21N3O5/c1-11(2)18(19(25)24-21(22)27)29-20(26)14-10-16(17-9-8-12(3)28-17)23-15-7-5-4-6-13(14)15/h4-11,18H,1-3H3,(H3,22,24,25,27)/t18-/m1/s1. The van der Waals surface area contributed by atoms with Gasteiger partial charge in [0.25, 0.3) is 5.91 Å². The van der Waals surface area contributed by atoms with Gasteiger partial charge in [-0.2, -0.15) is 0 Å². The van der Waals surface area contributed by atoms with Gasteiger partial charge in [0.1, 0.15) is 11.5 Å². The Morgan fingerprint density at radius 2 is 1.86 bits per heavy atom. The summed E-state index contributed by atoms with van der Waals surface area (Å²) in [7, 11) is 0. The number of furan rings is 1. The summed E-state index contributed by atoms with van der Waals surface area (Å²) in [6.07, 6.45) is -1.18. The summed E-state index contributed by atoms with van der Waals surface area (Å²) in [5.74, 6) is -0.651. The first-order valence-electron chi connectivity index (χ1n) is 9.04. The highest BCUT2D eigenvalue weighted by Crippen LogP contribution is 2.27. The molecule has 8 heteroatoms. The third-order valence-electron chi connectivity index (χ3n) is 4.27. The molecule has 0 spiro atoms. The van der Waals surface area contributed by atoms with Crippen molar-refractivity contribution >= 4 is 28.8 Å². The molecule has 8 nitrogen and oxygen atoms in total. The number of hydrogen-bond acceptors (Lipinski definition) is 6. The highest BCUT2D eigenvalue weighted by atomic mass is 16.5. The smallest absolute Gasteiger partial charge is 0.339 e. The summed E-state index contributed by atoms with van der Waals surface area (Å²) >= 11 is 0. The van der Waals surface area contributed by atoms with E-state index < -0.39 is 24.0 Å². The van der Waals surface area contributed by atoms with Crippen LogP contribution in [0.15, 0.2) is 46.9 Å². The van der Waals surface area contributed by atoms with E-state index in [0.29, 0.717) is 28.1 Å². The van der Waals surface area contributed by atoms with Gasteiger partial charge in [-0.15, -0.1) is 0 Å². The second kappa shape index (κ2) is 8.14. The number of fused-ring (bicyclic) bond motifs is 1. The number of carbonyl (C=O) groups is 3. The fourth-order valence-corrected chi connectivity index (χ4v) is 2.91. The third-order valence-corrected chi connectivity index (χ3v) is 4.27. The number of hydrogen-bond donors (Lipinski definition) is 2. The molecule has 150 valence electrons. The van der Waals surface area contributed by atoms with E-state index in [9.17, 15) is 14.4 Å². The van der Waals surface area contributed by atoms with Crippen LogP contribution >= 0.6 is 0 Å². The molecule has 3 N–H and O–H groups in total. The number of nitrogens with one attached hydrogen (secondary N) is 1. The van der Waals surface area contributed by atoms with Crippen LogP contribution in [0.2, 0.25) is 0 Å². The molecule has 0 bridgehead atoms. The van der Waals surface area contributed by atoms with Gasteiger partial charge < -0.3 is 14.9 Å². The molecule has 3 amide bonds. The predicted molar refractivity (Wildman–Crippen MR) is 106 cm³/mol. The molecule has 0 aliphatic carbocycles. The van der Waals surface area contributed by atoms with Gasteiger partial charge in [-0.25, -0.2) is 14.6 Å². The number of para-hydroxylation sites is 1. The van der Waals surface area contributed by atoms with Crippen LogP contribution in [0, 0.1) is 12.8 Å². The average Bonchev–Trinajstić information content (AvgIpc) is 3.10. The van der Waals surface area contributed by atoms with E-state index in [1.807, 2.05) is 12.2 Å². The van der Waals surface area contributed by atoms with Crippen LogP contribution in [-0.2, 0) is 9.53 Å². The molecule has 3 rings (SSSR count). The van der Waals surface area contributed by atoms with Crippen molar-refractivity contribution in [1.29, 1.82) is 0 Å². The van der Waals surface area contributed by atoms with Crippen molar-refractivity contribution in [2.24, 2.45) is 11.7 Å². The Kier molecular flexibility index (Phi) is 5.63. The van der Waals surface area contributed by atoms with Crippen molar-refractivity contribution in [3.05, 3.63) is 53.8 Å². The molecule has 1 atom stereocenters.